The number of epoxide rings is 1. The van der Waals surface area contributed by atoms with Gasteiger partial charge in [0, 0.05) is 19.3 Å². The largest absolute Gasteiger partial charge is 0.472 e. The normalized spacial score (nSPS) is 42.3. The lowest BCUT2D eigenvalue weighted by Crippen LogP contribution is -2.68. The van der Waals surface area contributed by atoms with E-state index in [2.05, 4.69) is 13.8 Å². The Bertz CT molecular complexity index is 751. The number of esters is 1. The molecule has 0 unspecified atom stereocenters. The minimum atomic E-state index is -0.964. The molecule has 6 atom stereocenters. The highest BCUT2D eigenvalue weighted by atomic mass is 16.6. The summed E-state index contributed by atoms with van der Waals surface area (Å²) in [4.78, 5) is 25.1. The van der Waals surface area contributed by atoms with Crippen LogP contribution in [0.5, 0.6) is 0 Å². The number of fused-ring (bicyclic) bond motifs is 2. The van der Waals surface area contributed by atoms with E-state index in [1.165, 1.54) is 6.92 Å². The third-order valence-corrected chi connectivity index (χ3v) is 7.93. The number of ketones is 1. The van der Waals surface area contributed by atoms with Crippen molar-refractivity contribution in [1.82, 2.24) is 0 Å². The molecule has 2 aliphatic carbocycles. The first-order chi connectivity index (χ1) is 13.3. The van der Waals surface area contributed by atoms with Gasteiger partial charge in [0.25, 0.3) is 0 Å². The van der Waals surface area contributed by atoms with Crippen molar-refractivity contribution in [1.29, 1.82) is 0 Å². The van der Waals surface area contributed by atoms with Gasteiger partial charge in [0.2, 0.25) is 0 Å². The lowest BCUT2D eigenvalue weighted by molar-refractivity contribution is -0.203. The zero-order valence-corrected chi connectivity index (χ0v) is 16.9. The van der Waals surface area contributed by atoms with Crippen LogP contribution in [0.3, 0.4) is 0 Å². The second-order valence-electron chi connectivity index (χ2n) is 9.28. The molecular formula is C22H30O6. The number of carbonyl (C=O) groups is 2. The van der Waals surface area contributed by atoms with Gasteiger partial charge in [-0.25, -0.2) is 0 Å². The van der Waals surface area contributed by atoms with E-state index in [1.807, 2.05) is 6.07 Å². The fraction of sp³-hybridized carbons (Fsp3) is 0.727. The molecule has 3 aliphatic rings. The summed E-state index contributed by atoms with van der Waals surface area (Å²) < 4.78 is 16.6. The standard InChI is InChI=1S/C22H30O6/c1-14-10-18(25)22(13-27-15(2)23)19(17(24)5-8-21(22)12-28-21)20(14,3)7-4-16-6-9-26-11-16/h6,9,11,14,17,19,24H,4-5,7-8,10,12-13H2,1-3H3/t14-,17+,19-,20+,21+,22-/m1/s1. The predicted octanol–water partition coefficient (Wildman–Crippen LogP) is 2.92. The Kier molecular flexibility index (Phi) is 4.70. The van der Waals surface area contributed by atoms with E-state index >= 15 is 0 Å². The minimum absolute atomic E-state index is 0.00306. The molecule has 0 radical (unpaired) electrons. The highest BCUT2D eigenvalue weighted by molar-refractivity contribution is 5.89. The number of aliphatic hydroxyl groups is 1. The molecule has 6 heteroatoms. The summed E-state index contributed by atoms with van der Waals surface area (Å²) in [7, 11) is 0. The van der Waals surface area contributed by atoms with Crippen molar-refractivity contribution in [3.05, 3.63) is 24.2 Å². The van der Waals surface area contributed by atoms with Gasteiger partial charge in [-0.1, -0.05) is 13.8 Å². The topological polar surface area (TPSA) is 89.3 Å². The van der Waals surface area contributed by atoms with Gasteiger partial charge < -0.3 is 19.0 Å². The number of furan rings is 1. The van der Waals surface area contributed by atoms with Crippen molar-refractivity contribution >= 4 is 11.8 Å². The summed E-state index contributed by atoms with van der Waals surface area (Å²) in [5.41, 5.74) is -0.739. The number of rotatable bonds is 5. The molecule has 0 amide bonds. The van der Waals surface area contributed by atoms with Crippen molar-refractivity contribution in [3.63, 3.8) is 0 Å². The molecule has 2 heterocycles. The highest BCUT2D eigenvalue weighted by Crippen LogP contribution is 2.67. The quantitative estimate of drug-likeness (QED) is 0.614. The van der Waals surface area contributed by atoms with Crippen LogP contribution in [0, 0.1) is 22.7 Å². The molecule has 154 valence electrons. The van der Waals surface area contributed by atoms with E-state index in [1.54, 1.807) is 12.5 Å². The average molecular weight is 390 g/mol. The van der Waals surface area contributed by atoms with Crippen molar-refractivity contribution in [2.45, 2.75) is 64.6 Å². The van der Waals surface area contributed by atoms with E-state index in [0.29, 0.717) is 25.9 Å². The summed E-state index contributed by atoms with van der Waals surface area (Å²) in [6.07, 6.45) is 6.07. The van der Waals surface area contributed by atoms with Crippen molar-refractivity contribution in [3.8, 4) is 0 Å². The monoisotopic (exact) mass is 390 g/mol. The van der Waals surface area contributed by atoms with Crippen LogP contribution in [0.4, 0.5) is 0 Å². The summed E-state index contributed by atoms with van der Waals surface area (Å²) in [5, 5.41) is 11.2. The molecule has 28 heavy (non-hydrogen) atoms. The number of hydrogen-bond donors (Lipinski definition) is 1. The number of carbonyl (C=O) groups excluding carboxylic acids is 2. The number of aliphatic hydroxyl groups excluding tert-OH is 1. The smallest absolute Gasteiger partial charge is 0.302 e. The molecule has 0 bridgehead atoms. The van der Waals surface area contributed by atoms with Crippen LogP contribution in [0.1, 0.15) is 52.0 Å². The van der Waals surface area contributed by atoms with Gasteiger partial charge in [0.15, 0.2) is 0 Å². The number of hydrogen-bond acceptors (Lipinski definition) is 6. The fourth-order valence-electron chi connectivity index (χ4n) is 6.07. The van der Waals surface area contributed by atoms with Crippen LogP contribution in [-0.2, 0) is 25.5 Å². The molecule has 0 aromatic carbocycles. The van der Waals surface area contributed by atoms with Gasteiger partial charge in [-0.3, -0.25) is 9.59 Å². The second kappa shape index (κ2) is 6.70. The van der Waals surface area contributed by atoms with E-state index in [9.17, 15) is 14.7 Å². The molecule has 1 spiro atoms. The van der Waals surface area contributed by atoms with Crippen molar-refractivity contribution in [2.75, 3.05) is 13.2 Å². The Hall–Kier alpha value is -1.66. The van der Waals surface area contributed by atoms with Gasteiger partial charge in [0.1, 0.15) is 18.0 Å². The predicted molar refractivity (Wildman–Crippen MR) is 100 cm³/mol. The van der Waals surface area contributed by atoms with Gasteiger partial charge >= 0.3 is 5.97 Å². The average Bonchev–Trinajstić information content (AvgIpc) is 3.23. The maximum Gasteiger partial charge on any atom is 0.302 e. The van der Waals surface area contributed by atoms with Crippen LogP contribution < -0.4 is 0 Å². The van der Waals surface area contributed by atoms with E-state index in [0.717, 1.165) is 18.4 Å². The fourth-order valence-corrected chi connectivity index (χ4v) is 6.07. The lowest BCUT2D eigenvalue weighted by Gasteiger charge is -2.60. The van der Waals surface area contributed by atoms with Crippen LogP contribution in [0.25, 0.3) is 0 Å². The maximum atomic E-state index is 13.5. The third kappa shape index (κ3) is 2.76. The summed E-state index contributed by atoms with van der Waals surface area (Å²) >= 11 is 0. The first-order valence-electron chi connectivity index (χ1n) is 10.2. The van der Waals surface area contributed by atoms with E-state index < -0.39 is 23.1 Å². The van der Waals surface area contributed by atoms with Crippen LogP contribution >= 0.6 is 0 Å². The van der Waals surface area contributed by atoms with Crippen molar-refractivity contribution < 1.29 is 28.6 Å². The van der Waals surface area contributed by atoms with E-state index in [4.69, 9.17) is 13.9 Å². The van der Waals surface area contributed by atoms with Gasteiger partial charge in [0.05, 0.1) is 30.7 Å². The molecule has 1 aromatic rings. The number of Topliss-reactive ketones (excluding diaryl/α,β-unsaturated/α-hetero) is 1. The summed E-state index contributed by atoms with van der Waals surface area (Å²) in [6.45, 7) is 6.14. The Morgan fingerprint density at radius 2 is 2.18 bits per heavy atom. The summed E-state index contributed by atoms with van der Waals surface area (Å²) in [5.74, 6) is -0.525. The molecule has 2 saturated carbocycles. The van der Waals surface area contributed by atoms with Gasteiger partial charge in [-0.2, -0.15) is 0 Å². The molecule has 1 N–H and O–H groups in total. The molecule has 1 aromatic heterocycles. The highest BCUT2D eigenvalue weighted by Gasteiger charge is 2.76. The van der Waals surface area contributed by atoms with Crippen LogP contribution in [0.15, 0.2) is 23.0 Å². The summed E-state index contributed by atoms with van der Waals surface area (Å²) in [6, 6.07) is 1.96. The Labute approximate surface area is 165 Å². The molecule has 6 nitrogen and oxygen atoms in total. The van der Waals surface area contributed by atoms with E-state index in [-0.39, 0.29) is 29.6 Å². The third-order valence-electron chi connectivity index (χ3n) is 7.93. The second-order valence-corrected chi connectivity index (χ2v) is 9.28. The molecule has 1 saturated heterocycles. The van der Waals surface area contributed by atoms with Crippen molar-refractivity contribution in [2.24, 2.45) is 22.7 Å². The number of aryl methyl sites for hydroxylation is 1. The first-order valence-corrected chi connectivity index (χ1v) is 10.2. The Balaban J connectivity index is 1.74. The zero-order valence-electron chi connectivity index (χ0n) is 16.9. The molecular weight excluding hydrogens is 360 g/mol. The zero-order chi connectivity index (χ0) is 20.2. The Morgan fingerprint density at radius 3 is 2.79 bits per heavy atom. The SMILES string of the molecule is CC(=O)OC[C@@]12C(=O)C[C@@H](C)[C@](C)(CCc3ccoc3)[C@H]1[C@@H](O)CC[C@]21CO1. The van der Waals surface area contributed by atoms with Crippen LogP contribution in [-0.4, -0.2) is 41.8 Å². The molecule has 3 fully saturated rings. The molecule has 4 rings (SSSR count). The number of ether oxygens (including phenoxy) is 2. The van der Waals surface area contributed by atoms with Gasteiger partial charge in [-0.15, -0.1) is 0 Å². The minimum Gasteiger partial charge on any atom is -0.472 e. The first kappa shape index (κ1) is 19.6. The Morgan fingerprint density at radius 1 is 1.43 bits per heavy atom. The maximum absolute atomic E-state index is 13.5. The lowest BCUT2D eigenvalue weighted by atomic mass is 9.42. The van der Waals surface area contributed by atoms with Gasteiger partial charge in [-0.05, 0) is 48.6 Å². The molecule has 1 aliphatic heterocycles. The van der Waals surface area contributed by atoms with Crippen LogP contribution in [0.2, 0.25) is 0 Å².